The van der Waals surface area contributed by atoms with Gasteiger partial charge in [0.1, 0.15) is 5.78 Å². The standard InChI is InChI=1S/C28H34ClN3O/c1-21(2)17-26(33)19-28-27(23-7-6-8-24(29)18-23)20-32(30-28)25-11-9-22(10-12-25)13-16-31-14-4-3-5-15-31/h6-12,18,20-21H,3-5,13-17,19H2,1-2H3. The molecule has 0 bridgehead atoms. The second kappa shape index (κ2) is 11.1. The van der Waals surface area contributed by atoms with E-state index in [0.29, 0.717) is 23.8 Å². The molecule has 0 spiro atoms. The van der Waals surface area contributed by atoms with Gasteiger partial charge in [-0.05, 0) is 73.7 Å². The summed E-state index contributed by atoms with van der Waals surface area (Å²) in [5, 5.41) is 5.51. The number of halogens is 1. The van der Waals surface area contributed by atoms with Crippen LogP contribution in [0, 0.1) is 5.92 Å². The summed E-state index contributed by atoms with van der Waals surface area (Å²) in [4.78, 5) is 15.2. The molecule has 33 heavy (non-hydrogen) atoms. The van der Waals surface area contributed by atoms with Gasteiger partial charge in [0.05, 0.1) is 17.8 Å². The zero-order valence-corrected chi connectivity index (χ0v) is 20.5. The molecular formula is C28H34ClN3O. The highest BCUT2D eigenvalue weighted by atomic mass is 35.5. The van der Waals surface area contributed by atoms with Gasteiger partial charge in [-0.1, -0.05) is 56.1 Å². The van der Waals surface area contributed by atoms with Gasteiger partial charge in [-0.15, -0.1) is 0 Å². The number of rotatable bonds is 9. The number of hydrogen-bond acceptors (Lipinski definition) is 3. The zero-order valence-electron chi connectivity index (χ0n) is 19.8. The quantitative estimate of drug-likeness (QED) is 0.369. The summed E-state index contributed by atoms with van der Waals surface area (Å²) in [5.74, 6) is 0.554. The molecule has 0 N–H and O–H groups in total. The van der Waals surface area contributed by atoms with Crippen molar-refractivity contribution in [2.45, 2.75) is 52.4 Å². The fourth-order valence-electron chi connectivity index (χ4n) is 4.57. The first-order valence-corrected chi connectivity index (χ1v) is 12.5. The van der Waals surface area contributed by atoms with Crippen molar-refractivity contribution in [3.05, 3.63) is 71.0 Å². The van der Waals surface area contributed by atoms with E-state index in [-0.39, 0.29) is 5.78 Å². The summed E-state index contributed by atoms with van der Waals surface area (Å²) in [6.45, 7) is 7.73. The maximum absolute atomic E-state index is 12.6. The van der Waals surface area contributed by atoms with Crippen LogP contribution in [0.4, 0.5) is 0 Å². The van der Waals surface area contributed by atoms with Crippen molar-refractivity contribution in [1.29, 1.82) is 0 Å². The Balaban J connectivity index is 1.54. The summed E-state index contributed by atoms with van der Waals surface area (Å²) in [6, 6.07) is 16.4. The minimum atomic E-state index is 0.214. The third-order valence-corrected chi connectivity index (χ3v) is 6.53. The van der Waals surface area contributed by atoms with Crippen LogP contribution in [0.5, 0.6) is 0 Å². The van der Waals surface area contributed by atoms with Gasteiger partial charge in [0.15, 0.2) is 0 Å². The average Bonchev–Trinajstić information content (AvgIpc) is 3.22. The predicted molar refractivity (Wildman–Crippen MR) is 136 cm³/mol. The Labute approximate surface area is 202 Å². The molecule has 2 heterocycles. The monoisotopic (exact) mass is 463 g/mol. The molecule has 0 atom stereocenters. The number of carbonyl (C=O) groups is 1. The van der Waals surface area contributed by atoms with Crippen LogP contribution in [0.3, 0.4) is 0 Å². The number of hydrogen-bond donors (Lipinski definition) is 0. The Hall–Kier alpha value is -2.43. The Kier molecular flexibility index (Phi) is 8.00. The van der Waals surface area contributed by atoms with Crippen LogP contribution in [-0.4, -0.2) is 40.1 Å². The summed E-state index contributed by atoms with van der Waals surface area (Å²) in [6.07, 6.45) is 8.02. The average molecular weight is 464 g/mol. The van der Waals surface area contributed by atoms with Crippen molar-refractivity contribution in [3.8, 4) is 16.8 Å². The van der Waals surface area contributed by atoms with Gasteiger partial charge in [0.2, 0.25) is 0 Å². The number of piperidine rings is 1. The van der Waals surface area contributed by atoms with Gasteiger partial charge in [-0.3, -0.25) is 4.79 Å². The maximum atomic E-state index is 12.6. The second-order valence-electron chi connectivity index (χ2n) is 9.58. The first-order chi connectivity index (χ1) is 16.0. The SMILES string of the molecule is CC(C)CC(=O)Cc1nn(-c2ccc(CCN3CCCCC3)cc2)cc1-c1cccc(Cl)c1. The Bertz CT molecular complexity index is 1070. The normalized spacial score (nSPS) is 14.7. The molecule has 5 heteroatoms. The van der Waals surface area contributed by atoms with Crippen molar-refractivity contribution in [1.82, 2.24) is 14.7 Å². The zero-order chi connectivity index (χ0) is 23.2. The molecule has 4 rings (SSSR count). The molecule has 0 saturated carbocycles. The molecular weight excluding hydrogens is 430 g/mol. The van der Waals surface area contributed by atoms with Crippen LogP contribution in [0.15, 0.2) is 54.7 Å². The number of aromatic nitrogens is 2. The summed E-state index contributed by atoms with van der Waals surface area (Å²) in [5.41, 5.74) is 5.10. The fraction of sp³-hybridized carbons (Fsp3) is 0.429. The van der Waals surface area contributed by atoms with Crippen molar-refractivity contribution in [2.24, 2.45) is 5.92 Å². The first-order valence-electron chi connectivity index (χ1n) is 12.2. The molecule has 0 aliphatic carbocycles. The topological polar surface area (TPSA) is 38.1 Å². The number of carbonyl (C=O) groups excluding carboxylic acids is 1. The Morgan fingerprint density at radius 1 is 1.06 bits per heavy atom. The van der Waals surface area contributed by atoms with E-state index < -0.39 is 0 Å². The van der Waals surface area contributed by atoms with Crippen molar-refractivity contribution in [2.75, 3.05) is 19.6 Å². The van der Waals surface area contributed by atoms with Gasteiger partial charge in [-0.2, -0.15) is 5.10 Å². The third kappa shape index (κ3) is 6.55. The molecule has 1 aromatic heterocycles. The van der Waals surface area contributed by atoms with Crippen LogP contribution in [0.2, 0.25) is 5.02 Å². The van der Waals surface area contributed by atoms with E-state index in [1.165, 1.54) is 37.9 Å². The predicted octanol–water partition coefficient (Wildman–Crippen LogP) is 6.38. The molecule has 0 unspecified atom stereocenters. The van der Waals surface area contributed by atoms with Crippen LogP contribution >= 0.6 is 11.6 Å². The smallest absolute Gasteiger partial charge is 0.139 e. The molecule has 2 aromatic carbocycles. The van der Waals surface area contributed by atoms with E-state index >= 15 is 0 Å². The van der Waals surface area contributed by atoms with Crippen LogP contribution in [-0.2, 0) is 17.6 Å². The lowest BCUT2D eigenvalue weighted by Gasteiger charge is -2.26. The van der Waals surface area contributed by atoms with Crippen molar-refractivity contribution in [3.63, 3.8) is 0 Å². The first kappa shape index (κ1) is 23.7. The van der Waals surface area contributed by atoms with E-state index in [0.717, 1.165) is 35.5 Å². The number of nitrogens with zero attached hydrogens (tertiary/aromatic N) is 3. The number of ketones is 1. The molecule has 1 aliphatic rings. The van der Waals surface area contributed by atoms with E-state index in [1.54, 1.807) is 0 Å². The molecule has 0 amide bonds. The van der Waals surface area contributed by atoms with Crippen LogP contribution in [0.25, 0.3) is 16.8 Å². The van der Waals surface area contributed by atoms with Crippen molar-refractivity contribution < 1.29 is 4.79 Å². The highest BCUT2D eigenvalue weighted by molar-refractivity contribution is 6.30. The largest absolute Gasteiger partial charge is 0.303 e. The second-order valence-corrected chi connectivity index (χ2v) is 10.0. The highest BCUT2D eigenvalue weighted by Crippen LogP contribution is 2.28. The summed E-state index contributed by atoms with van der Waals surface area (Å²) < 4.78 is 1.89. The minimum absolute atomic E-state index is 0.214. The van der Waals surface area contributed by atoms with E-state index in [2.05, 4.69) is 43.0 Å². The lowest BCUT2D eigenvalue weighted by atomic mass is 10.00. The Morgan fingerprint density at radius 3 is 2.52 bits per heavy atom. The van der Waals surface area contributed by atoms with Gasteiger partial charge in [0, 0.05) is 29.7 Å². The number of Topliss-reactive ketones (excluding diaryl/α,β-unsaturated/α-hetero) is 1. The minimum Gasteiger partial charge on any atom is -0.303 e. The highest BCUT2D eigenvalue weighted by Gasteiger charge is 2.17. The number of likely N-dealkylation sites (tertiary alicyclic amines) is 1. The Morgan fingerprint density at radius 2 is 1.82 bits per heavy atom. The molecule has 3 aromatic rings. The summed E-state index contributed by atoms with van der Waals surface area (Å²) >= 11 is 6.25. The number of benzene rings is 2. The molecule has 1 aliphatic heterocycles. The molecule has 174 valence electrons. The lowest BCUT2D eigenvalue weighted by Crippen LogP contribution is -2.31. The van der Waals surface area contributed by atoms with E-state index in [4.69, 9.17) is 16.7 Å². The van der Waals surface area contributed by atoms with E-state index in [1.807, 2.05) is 35.1 Å². The van der Waals surface area contributed by atoms with Gasteiger partial charge in [-0.25, -0.2) is 4.68 Å². The maximum Gasteiger partial charge on any atom is 0.139 e. The van der Waals surface area contributed by atoms with Gasteiger partial charge >= 0.3 is 0 Å². The van der Waals surface area contributed by atoms with Gasteiger partial charge < -0.3 is 4.90 Å². The lowest BCUT2D eigenvalue weighted by molar-refractivity contribution is -0.119. The van der Waals surface area contributed by atoms with Crippen LogP contribution in [0.1, 0.15) is 50.8 Å². The molecule has 1 saturated heterocycles. The third-order valence-electron chi connectivity index (χ3n) is 6.29. The molecule has 4 nitrogen and oxygen atoms in total. The fourth-order valence-corrected chi connectivity index (χ4v) is 4.76. The van der Waals surface area contributed by atoms with Crippen molar-refractivity contribution >= 4 is 17.4 Å². The van der Waals surface area contributed by atoms with E-state index in [9.17, 15) is 4.79 Å². The van der Waals surface area contributed by atoms with Crippen LogP contribution < -0.4 is 0 Å². The summed E-state index contributed by atoms with van der Waals surface area (Å²) in [7, 11) is 0. The van der Waals surface area contributed by atoms with Gasteiger partial charge in [0.25, 0.3) is 0 Å². The molecule has 0 radical (unpaired) electrons. The molecule has 1 fully saturated rings.